The molecule has 3 aromatic rings. The van der Waals surface area contributed by atoms with Crippen LogP contribution in [0.25, 0.3) is 9.40 Å². The lowest BCUT2D eigenvalue weighted by Crippen LogP contribution is -2.19. The average Bonchev–Trinajstić information content (AvgIpc) is 3.02. The Morgan fingerprint density at radius 2 is 1.90 bits per heavy atom. The van der Waals surface area contributed by atoms with Crippen molar-refractivity contribution in [2.24, 2.45) is 5.73 Å². The van der Waals surface area contributed by atoms with Crippen LogP contribution in [0.5, 0.6) is 0 Å². The van der Waals surface area contributed by atoms with Gasteiger partial charge in [0.05, 0.1) is 6.10 Å². The third-order valence-corrected chi connectivity index (χ3v) is 6.08. The van der Waals surface area contributed by atoms with Crippen LogP contribution in [0.4, 0.5) is 0 Å². The Bertz CT molecular complexity index is 676. The Morgan fingerprint density at radius 3 is 2.55 bits per heavy atom. The first-order valence-electron chi connectivity index (χ1n) is 6.29. The molecular weight excluding hydrogens is 354 g/mol. The van der Waals surface area contributed by atoms with E-state index in [0.717, 1.165) is 14.9 Å². The van der Waals surface area contributed by atoms with E-state index < -0.39 is 6.10 Å². The van der Waals surface area contributed by atoms with Crippen molar-refractivity contribution in [3.63, 3.8) is 0 Å². The van der Waals surface area contributed by atoms with Crippen molar-refractivity contribution < 1.29 is 5.11 Å². The molecular formula is C15H14BrNOS2. The largest absolute Gasteiger partial charge is 0.387 e. The molecule has 0 saturated carbocycles. The van der Waals surface area contributed by atoms with E-state index in [1.807, 2.05) is 24.3 Å². The van der Waals surface area contributed by atoms with Crippen LogP contribution in [0.1, 0.15) is 22.5 Å². The summed E-state index contributed by atoms with van der Waals surface area (Å²) in [5.41, 5.74) is 6.96. The molecule has 2 unspecified atom stereocenters. The second kappa shape index (κ2) is 5.95. The van der Waals surface area contributed by atoms with Gasteiger partial charge in [-0.1, -0.05) is 28.1 Å². The minimum Gasteiger partial charge on any atom is -0.387 e. The molecule has 0 spiro atoms. The summed E-state index contributed by atoms with van der Waals surface area (Å²) in [6.45, 7) is 0.425. The van der Waals surface area contributed by atoms with Crippen LogP contribution in [-0.2, 0) is 0 Å². The highest BCUT2D eigenvalue weighted by Crippen LogP contribution is 2.38. The van der Waals surface area contributed by atoms with Crippen LogP contribution in [0, 0.1) is 0 Å². The number of benzene rings is 1. The molecule has 104 valence electrons. The van der Waals surface area contributed by atoms with E-state index in [1.165, 1.54) is 9.40 Å². The van der Waals surface area contributed by atoms with Crippen molar-refractivity contribution in [1.29, 1.82) is 0 Å². The molecule has 2 aromatic heterocycles. The summed E-state index contributed by atoms with van der Waals surface area (Å²) in [7, 11) is 0. The lowest BCUT2D eigenvalue weighted by molar-refractivity contribution is 0.151. The molecule has 0 radical (unpaired) electrons. The van der Waals surface area contributed by atoms with Gasteiger partial charge in [0.15, 0.2) is 0 Å². The molecule has 0 amide bonds. The van der Waals surface area contributed by atoms with Crippen LogP contribution < -0.4 is 5.73 Å². The molecule has 2 heterocycles. The maximum atomic E-state index is 10.6. The van der Waals surface area contributed by atoms with Crippen molar-refractivity contribution in [2.75, 3.05) is 6.54 Å². The quantitative estimate of drug-likeness (QED) is 0.712. The Hall–Kier alpha value is -0.720. The molecule has 0 aliphatic rings. The summed E-state index contributed by atoms with van der Waals surface area (Å²) in [6.07, 6.45) is -0.550. The molecule has 0 saturated heterocycles. The summed E-state index contributed by atoms with van der Waals surface area (Å²) in [6, 6.07) is 12.2. The standard InChI is InChI=1S/C15H14BrNOS2/c16-10-3-1-9(2-4-10)11(8-17)15(18)14-7-13-12(20-14)5-6-19-13/h1-7,11,15,18H,8,17H2. The fraction of sp³-hybridized carbons (Fsp3) is 0.200. The predicted octanol–water partition coefficient (Wildman–Crippen LogP) is 4.50. The van der Waals surface area contributed by atoms with Gasteiger partial charge in [-0.2, -0.15) is 0 Å². The highest BCUT2D eigenvalue weighted by molar-refractivity contribution is 9.10. The number of aliphatic hydroxyl groups excluding tert-OH is 1. The fourth-order valence-corrected chi connectivity index (χ4v) is 4.72. The van der Waals surface area contributed by atoms with Gasteiger partial charge < -0.3 is 10.8 Å². The number of nitrogens with two attached hydrogens (primary N) is 1. The van der Waals surface area contributed by atoms with Gasteiger partial charge >= 0.3 is 0 Å². The summed E-state index contributed by atoms with van der Waals surface area (Å²) in [4.78, 5) is 0.991. The minimum absolute atomic E-state index is 0.0733. The molecule has 3 rings (SSSR count). The maximum absolute atomic E-state index is 10.6. The van der Waals surface area contributed by atoms with Crippen molar-refractivity contribution in [3.8, 4) is 0 Å². The average molecular weight is 368 g/mol. The number of rotatable bonds is 4. The number of hydrogen-bond donors (Lipinski definition) is 2. The van der Waals surface area contributed by atoms with E-state index >= 15 is 0 Å². The van der Waals surface area contributed by atoms with Gasteiger partial charge in [0.1, 0.15) is 0 Å². The van der Waals surface area contributed by atoms with E-state index in [1.54, 1.807) is 22.7 Å². The lowest BCUT2D eigenvalue weighted by Gasteiger charge is -2.21. The zero-order valence-corrected chi connectivity index (χ0v) is 13.8. The Morgan fingerprint density at radius 1 is 1.15 bits per heavy atom. The molecule has 20 heavy (non-hydrogen) atoms. The molecule has 0 bridgehead atoms. The Kier molecular flexibility index (Phi) is 4.23. The van der Waals surface area contributed by atoms with Gasteiger partial charge in [0.2, 0.25) is 0 Å². The van der Waals surface area contributed by atoms with Gasteiger partial charge in [-0.05, 0) is 35.2 Å². The minimum atomic E-state index is -0.550. The normalized spacial score (nSPS) is 14.6. The SMILES string of the molecule is NCC(c1ccc(Br)cc1)C(O)c1cc2sccc2s1. The van der Waals surface area contributed by atoms with E-state index in [4.69, 9.17) is 5.73 Å². The van der Waals surface area contributed by atoms with E-state index in [2.05, 4.69) is 33.4 Å². The van der Waals surface area contributed by atoms with Gasteiger partial charge in [-0.25, -0.2) is 0 Å². The predicted molar refractivity (Wildman–Crippen MR) is 90.6 cm³/mol. The number of hydrogen-bond acceptors (Lipinski definition) is 4. The van der Waals surface area contributed by atoms with Gasteiger partial charge in [-0.15, -0.1) is 22.7 Å². The third kappa shape index (κ3) is 2.69. The van der Waals surface area contributed by atoms with Gasteiger partial charge in [0, 0.05) is 31.2 Å². The van der Waals surface area contributed by atoms with Crippen molar-refractivity contribution in [2.45, 2.75) is 12.0 Å². The second-order valence-corrected chi connectivity index (χ2v) is 7.62. The first-order chi connectivity index (χ1) is 9.69. The Balaban J connectivity index is 1.91. The highest BCUT2D eigenvalue weighted by atomic mass is 79.9. The lowest BCUT2D eigenvalue weighted by atomic mass is 9.92. The summed E-state index contributed by atoms with van der Waals surface area (Å²) in [5, 5.41) is 12.7. The molecule has 2 nitrogen and oxygen atoms in total. The van der Waals surface area contributed by atoms with Gasteiger partial charge in [0.25, 0.3) is 0 Å². The van der Waals surface area contributed by atoms with E-state index in [-0.39, 0.29) is 5.92 Å². The van der Waals surface area contributed by atoms with Crippen LogP contribution in [-0.4, -0.2) is 11.7 Å². The molecule has 5 heteroatoms. The summed E-state index contributed by atoms with van der Waals surface area (Å²) >= 11 is 6.78. The first kappa shape index (κ1) is 14.2. The number of thiophene rings is 2. The van der Waals surface area contributed by atoms with E-state index in [0.29, 0.717) is 6.54 Å². The monoisotopic (exact) mass is 367 g/mol. The Labute approximate surface area is 134 Å². The first-order valence-corrected chi connectivity index (χ1v) is 8.78. The molecule has 1 aromatic carbocycles. The zero-order chi connectivity index (χ0) is 14.1. The fourth-order valence-electron chi connectivity index (χ4n) is 2.29. The second-order valence-electron chi connectivity index (χ2n) is 4.64. The van der Waals surface area contributed by atoms with Crippen molar-refractivity contribution in [3.05, 3.63) is 56.7 Å². The summed E-state index contributed by atoms with van der Waals surface area (Å²) < 4.78 is 3.49. The molecule has 0 fully saturated rings. The molecule has 3 N–H and O–H groups in total. The number of halogens is 1. The van der Waals surface area contributed by atoms with Gasteiger partial charge in [-0.3, -0.25) is 0 Å². The van der Waals surface area contributed by atoms with Crippen LogP contribution in [0.2, 0.25) is 0 Å². The van der Waals surface area contributed by atoms with Crippen molar-refractivity contribution >= 4 is 48.0 Å². The number of aliphatic hydroxyl groups is 1. The highest BCUT2D eigenvalue weighted by Gasteiger charge is 2.23. The third-order valence-electron chi connectivity index (χ3n) is 3.38. The summed E-state index contributed by atoms with van der Waals surface area (Å²) in [5.74, 6) is -0.0733. The van der Waals surface area contributed by atoms with Crippen LogP contribution >= 0.6 is 38.6 Å². The number of fused-ring (bicyclic) bond motifs is 1. The molecule has 0 aliphatic carbocycles. The smallest absolute Gasteiger partial charge is 0.0963 e. The maximum Gasteiger partial charge on any atom is 0.0963 e. The van der Waals surface area contributed by atoms with Crippen LogP contribution in [0.15, 0.2) is 46.3 Å². The van der Waals surface area contributed by atoms with Crippen molar-refractivity contribution in [1.82, 2.24) is 0 Å². The molecule has 0 aliphatic heterocycles. The zero-order valence-electron chi connectivity index (χ0n) is 10.6. The van der Waals surface area contributed by atoms with Crippen LogP contribution in [0.3, 0.4) is 0 Å². The topological polar surface area (TPSA) is 46.2 Å². The van der Waals surface area contributed by atoms with E-state index in [9.17, 15) is 5.11 Å². The molecule has 2 atom stereocenters.